The molecule has 5 nitrogen and oxygen atoms in total. The van der Waals surface area contributed by atoms with Crippen LogP contribution in [0.15, 0.2) is 23.2 Å². The van der Waals surface area contributed by atoms with Gasteiger partial charge < -0.3 is 20.1 Å². The number of guanidine groups is 1. The van der Waals surface area contributed by atoms with Crippen LogP contribution in [0.1, 0.15) is 25.8 Å². The molecule has 0 fully saturated rings. The zero-order chi connectivity index (χ0) is 16.9. The van der Waals surface area contributed by atoms with Gasteiger partial charge >= 0.3 is 0 Å². The maximum Gasteiger partial charge on any atom is 0.191 e. The van der Waals surface area contributed by atoms with Crippen LogP contribution in [0.2, 0.25) is 5.02 Å². The van der Waals surface area contributed by atoms with Crippen molar-refractivity contribution < 1.29 is 9.47 Å². The van der Waals surface area contributed by atoms with E-state index >= 15 is 0 Å². The first kappa shape index (κ1) is 23.3. The average Bonchev–Trinajstić information content (AvgIpc) is 2.56. The molecule has 0 amide bonds. The van der Waals surface area contributed by atoms with E-state index < -0.39 is 0 Å². The van der Waals surface area contributed by atoms with Crippen LogP contribution in [-0.2, 0) is 11.2 Å². The molecule has 0 aliphatic heterocycles. The molecule has 24 heavy (non-hydrogen) atoms. The third-order valence-corrected chi connectivity index (χ3v) is 3.56. The van der Waals surface area contributed by atoms with Crippen molar-refractivity contribution in [3.63, 3.8) is 0 Å². The summed E-state index contributed by atoms with van der Waals surface area (Å²) in [6.07, 6.45) is 1.75. The Kier molecular flexibility index (Phi) is 14.2. The van der Waals surface area contributed by atoms with E-state index in [0.29, 0.717) is 0 Å². The van der Waals surface area contributed by atoms with E-state index in [1.165, 1.54) is 0 Å². The smallest absolute Gasteiger partial charge is 0.191 e. The summed E-state index contributed by atoms with van der Waals surface area (Å²) in [6.45, 7) is 7.91. The first-order valence-corrected chi connectivity index (χ1v) is 8.51. The number of nitrogens with zero attached hydrogens (tertiary/aromatic N) is 1. The van der Waals surface area contributed by atoms with Crippen LogP contribution >= 0.6 is 35.6 Å². The third kappa shape index (κ3) is 9.54. The number of aliphatic imine (C=N–C) groups is 1. The molecule has 0 atom stereocenters. The highest BCUT2D eigenvalue weighted by atomic mass is 127. The second-order valence-corrected chi connectivity index (χ2v) is 5.35. The zero-order valence-corrected chi connectivity index (χ0v) is 17.8. The van der Waals surface area contributed by atoms with Gasteiger partial charge in [0.15, 0.2) is 5.96 Å². The lowest BCUT2D eigenvalue weighted by molar-refractivity contribution is 0.146. The summed E-state index contributed by atoms with van der Waals surface area (Å²) < 4.78 is 10.5. The van der Waals surface area contributed by atoms with E-state index in [9.17, 15) is 0 Å². The Morgan fingerprint density at radius 3 is 2.67 bits per heavy atom. The maximum atomic E-state index is 6.25. The molecular weight excluding hydrogens is 441 g/mol. The van der Waals surface area contributed by atoms with E-state index in [4.69, 9.17) is 21.1 Å². The first-order chi connectivity index (χ1) is 11.2. The number of nitrogens with one attached hydrogen (secondary N) is 2. The predicted molar refractivity (Wildman–Crippen MR) is 112 cm³/mol. The normalized spacial score (nSPS) is 10.9. The van der Waals surface area contributed by atoms with E-state index in [-0.39, 0.29) is 24.0 Å². The molecule has 1 rings (SSSR count). The molecule has 0 heterocycles. The van der Waals surface area contributed by atoms with Crippen LogP contribution < -0.4 is 15.4 Å². The maximum absolute atomic E-state index is 6.25. The Morgan fingerprint density at radius 1 is 1.25 bits per heavy atom. The summed E-state index contributed by atoms with van der Waals surface area (Å²) in [5.41, 5.74) is 1.09. The van der Waals surface area contributed by atoms with Crippen LogP contribution in [0.25, 0.3) is 0 Å². The van der Waals surface area contributed by atoms with Crippen molar-refractivity contribution in [1.29, 1.82) is 0 Å². The molecule has 0 spiro atoms. The van der Waals surface area contributed by atoms with Crippen molar-refractivity contribution in [1.82, 2.24) is 10.6 Å². The fraction of sp³-hybridized carbons (Fsp3) is 0.588. The second kappa shape index (κ2) is 14.6. The van der Waals surface area contributed by atoms with E-state index in [2.05, 4.69) is 22.5 Å². The van der Waals surface area contributed by atoms with Crippen LogP contribution in [0, 0.1) is 0 Å². The highest BCUT2D eigenvalue weighted by Gasteiger charge is 2.03. The van der Waals surface area contributed by atoms with Crippen LogP contribution in [0.5, 0.6) is 5.75 Å². The van der Waals surface area contributed by atoms with E-state index in [0.717, 1.165) is 68.0 Å². The SMILES string of the molecule is CCNC(=NCCCOCC)NCCc1ccc(OC)cc1Cl.I. The summed E-state index contributed by atoms with van der Waals surface area (Å²) in [6, 6.07) is 5.76. The zero-order valence-electron chi connectivity index (χ0n) is 14.7. The first-order valence-electron chi connectivity index (χ1n) is 8.13. The summed E-state index contributed by atoms with van der Waals surface area (Å²) in [5, 5.41) is 7.29. The van der Waals surface area contributed by atoms with Crippen molar-refractivity contribution in [2.24, 2.45) is 4.99 Å². The van der Waals surface area contributed by atoms with Gasteiger partial charge in [0, 0.05) is 37.9 Å². The van der Waals surface area contributed by atoms with Gasteiger partial charge in [0.2, 0.25) is 0 Å². The van der Waals surface area contributed by atoms with Gasteiger partial charge in [0.1, 0.15) is 5.75 Å². The number of ether oxygens (including phenoxy) is 2. The molecule has 0 unspecified atom stereocenters. The molecule has 1 aromatic rings. The Balaban J connectivity index is 0.00000529. The molecule has 7 heteroatoms. The standard InChI is InChI=1S/C17H28ClN3O2.HI/c1-4-19-17(20-10-6-12-23-5-2)21-11-9-14-7-8-15(22-3)13-16(14)18;/h7-8,13H,4-6,9-12H2,1-3H3,(H2,19,20,21);1H. The van der Waals surface area contributed by atoms with Crippen LogP contribution in [0.3, 0.4) is 0 Å². The van der Waals surface area contributed by atoms with Crippen molar-refractivity contribution in [2.45, 2.75) is 26.7 Å². The molecule has 0 aliphatic carbocycles. The van der Waals surface area contributed by atoms with Crippen molar-refractivity contribution in [2.75, 3.05) is 40.0 Å². The van der Waals surface area contributed by atoms with Gasteiger partial charge in [-0.1, -0.05) is 17.7 Å². The molecule has 2 N–H and O–H groups in total. The minimum absolute atomic E-state index is 0. The van der Waals surface area contributed by atoms with Crippen molar-refractivity contribution >= 4 is 41.5 Å². The topological polar surface area (TPSA) is 54.9 Å². The molecule has 0 aromatic heterocycles. The molecule has 0 saturated carbocycles. The van der Waals surface area contributed by atoms with Gasteiger partial charge in [-0.05, 0) is 44.4 Å². The summed E-state index contributed by atoms with van der Waals surface area (Å²) in [5.74, 6) is 1.60. The number of benzene rings is 1. The summed E-state index contributed by atoms with van der Waals surface area (Å²) >= 11 is 6.25. The molecular formula is C17H29ClIN3O2. The number of methoxy groups -OCH3 is 1. The Hall–Kier alpha value is -0.730. The lowest BCUT2D eigenvalue weighted by atomic mass is 10.1. The number of rotatable bonds is 10. The van der Waals surface area contributed by atoms with Crippen LogP contribution in [-0.4, -0.2) is 45.9 Å². The number of hydrogen-bond acceptors (Lipinski definition) is 3. The van der Waals surface area contributed by atoms with Gasteiger partial charge in [-0.2, -0.15) is 0 Å². The Labute approximate surface area is 167 Å². The molecule has 1 aromatic carbocycles. The molecule has 0 saturated heterocycles. The molecule has 138 valence electrons. The summed E-state index contributed by atoms with van der Waals surface area (Å²) in [7, 11) is 1.64. The second-order valence-electron chi connectivity index (χ2n) is 4.95. The van der Waals surface area contributed by atoms with Gasteiger partial charge in [-0.25, -0.2) is 0 Å². The Morgan fingerprint density at radius 2 is 2.04 bits per heavy atom. The highest BCUT2D eigenvalue weighted by molar-refractivity contribution is 14.0. The minimum Gasteiger partial charge on any atom is -0.497 e. The fourth-order valence-electron chi connectivity index (χ4n) is 2.02. The largest absolute Gasteiger partial charge is 0.497 e. The molecule has 0 radical (unpaired) electrons. The summed E-state index contributed by atoms with van der Waals surface area (Å²) in [4.78, 5) is 4.53. The van der Waals surface area contributed by atoms with Gasteiger partial charge in [-0.3, -0.25) is 4.99 Å². The monoisotopic (exact) mass is 469 g/mol. The van der Waals surface area contributed by atoms with Crippen LogP contribution in [0.4, 0.5) is 0 Å². The molecule has 0 bridgehead atoms. The minimum atomic E-state index is 0. The fourth-order valence-corrected chi connectivity index (χ4v) is 2.28. The lowest BCUT2D eigenvalue weighted by Crippen LogP contribution is -2.38. The lowest BCUT2D eigenvalue weighted by Gasteiger charge is -2.12. The van der Waals surface area contributed by atoms with Crippen molar-refractivity contribution in [3.05, 3.63) is 28.8 Å². The highest BCUT2D eigenvalue weighted by Crippen LogP contribution is 2.22. The number of hydrogen-bond donors (Lipinski definition) is 2. The average molecular weight is 470 g/mol. The van der Waals surface area contributed by atoms with E-state index in [1.54, 1.807) is 7.11 Å². The van der Waals surface area contributed by atoms with E-state index in [1.807, 2.05) is 25.1 Å². The Bertz CT molecular complexity index is 487. The van der Waals surface area contributed by atoms with Crippen molar-refractivity contribution in [3.8, 4) is 5.75 Å². The van der Waals surface area contributed by atoms with Gasteiger partial charge in [-0.15, -0.1) is 24.0 Å². The molecule has 0 aliphatic rings. The third-order valence-electron chi connectivity index (χ3n) is 3.21. The van der Waals surface area contributed by atoms with Gasteiger partial charge in [0.05, 0.1) is 7.11 Å². The quantitative estimate of drug-likeness (QED) is 0.238. The number of halogens is 2. The van der Waals surface area contributed by atoms with Gasteiger partial charge in [0.25, 0.3) is 0 Å². The predicted octanol–water partition coefficient (Wildman–Crippen LogP) is 3.49.